The number of hydrogen-bond donors (Lipinski definition) is 2. The van der Waals surface area contributed by atoms with E-state index in [1.807, 2.05) is 6.07 Å². The van der Waals surface area contributed by atoms with Crippen molar-refractivity contribution in [3.8, 4) is 11.4 Å². The monoisotopic (exact) mass is 232 g/mol. The number of pyridine rings is 1. The first-order valence-electron chi connectivity index (χ1n) is 5.64. The standard InChI is InChI=1S/C12H16N4O/c1-3-5-8-11(15-16(2)12(8)13)9-6-4-7-10(17)14-9/h4,6-7H,3,5,13H2,1-2H3,(H,14,17). The summed E-state index contributed by atoms with van der Waals surface area (Å²) in [6.45, 7) is 2.09. The molecular formula is C12H16N4O. The Morgan fingerprint density at radius 2 is 2.24 bits per heavy atom. The molecule has 0 radical (unpaired) electrons. The fourth-order valence-electron chi connectivity index (χ4n) is 1.88. The Labute approximate surface area is 99.3 Å². The molecule has 0 bridgehead atoms. The molecule has 2 aromatic heterocycles. The van der Waals surface area contributed by atoms with Crippen LogP contribution in [-0.2, 0) is 13.5 Å². The third-order valence-corrected chi connectivity index (χ3v) is 2.72. The highest BCUT2D eigenvalue weighted by Crippen LogP contribution is 2.25. The van der Waals surface area contributed by atoms with E-state index in [2.05, 4.69) is 17.0 Å². The molecule has 2 aromatic rings. The van der Waals surface area contributed by atoms with Gasteiger partial charge < -0.3 is 10.7 Å². The van der Waals surface area contributed by atoms with Crippen LogP contribution in [0.15, 0.2) is 23.0 Å². The van der Waals surface area contributed by atoms with Crippen molar-refractivity contribution in [3.05, 3.63) is 34.1 Å². The molecule has 2 rings (SSSR count). The lowest BCUT2D eigenvalue weighted by molar-refractivity contribution is 0.780. The van der Waals surface area contributed by atoms with Crippen LogP contribution in [0.5, 0.6) is 0 Å². The van der Waals surface area contributed by atoms with Crippen LogP contribution in [0.4, 0.5) is 5.82 Å². The van der Waals surface area contributed by atoms with Crippen molar-refractivity contribution in [2.24, 2.45) is 7.05 Å². The number of rotatable bonds is 3. The molecule has 17 heavy (non-hydrogen) atoms. The lowest BCUT2D eigenvalue weighted by atomic mass is 10.1. The summed E-state index contributed by atoms with van der Waals surface area (Å²) in [6.07, 6.45) is 1.84. The Hall–Kier alpha value is -2.04. The number of nitrogens with two attached hydrogens (primary N) is 1. The van der Waals surface area contributed by atoms with Crippen LogP contribution in [0.3, 0.4) is 0 Å². The van der Waals surface area contributed by atoms with Gasteiger partial charge in [0.15, 0.2) is 0 Å². The number of nitrogens with zero attached hydrogens (tertiary/aromatic N) is 2. The molecule has 0 aliphatic rings. The van der Waals surface area contributed by atoms with Crippen LogP contribution in [0, 0.1) is 0 Å². The normalized spacial score (nSPS) is 10.7. The summed E-state index contributed by atoms with van der Waals surface area (Å²) < 4.78 is 1.64. The number of nitrogens with one attached hydrogen (secondary N) is 1. The van der Waals surface area contributed by atoms with E-state index in [9.17, 15) is 4.79 Å². The Balaban J connectivity index is 2.58. The summed E-state index contributed by atoms with van der Waals surface area (Å²) in [7, 11) is 1.80. The van der Waals surface area contributed by atoms with Gasteiger partial charge in [-0.3, -0.25) is 9.48 Å². The van der Waals surface area contributed by atoms with E-state index in [4.69, 9.17) is 5.73 Å². The van der Waals surface area contributed by atoms with Crippen molar-refractivity contribution in [2.75, 3.05) is 5.73 Å². The van der Waals surface area contributed by atoms with E-state index in [1.54, 1.807) is 17.8 Å². The first-order valence-corrected chi connectivity index (χ1v) is 5.64. The first kappa shape index (κ1) is 11.4. The van der Waals surface area contributed by atoms with Gasteiger partial charge in [-0.05, 0) is 12.5 Å². The molecule has 0 aromatic carbocycles. The van der Waals surface area contributed by atoms with E-state index in [0.29, 0.717) is 11.5 Å². The van der Waals surface area contributed by atoms with Crippen molar-refractivity contribution in [1.82, 2.24) is 14.8 Å². The molecule has 0 saturated heterocycles. The number of H-pyrrole nitrogens is 1. The predicted molar refractivity (Wildman–Crippen MR) is 67.7 cm³/mol. The van der Waals surface area contributed by atoms with Gasteiger partial charge in [0.05, 0.1) is 5.69 Å². The summed E-state index contributed by atoms with van der Waals surface area (Å²) in [5.74, 6) is 0.659. The molecular weight excluding hydrogens is 216 g/mol. The Kier molecular flexibility index (Phi) is 2.99. The van der Waals surface area contributed by atoms with Gasteiger partial charge >= 0.3 is 0 Å². The van der Waals surface area contributed by atoms with Gasteiger partial charge in [-0.1, -0.05) is 19.4 Å². The van der Waals surface area contributed by atoms with Crippen molar-refractivity contribution < 1.29 is 0 Å². The number of hydrogen-bond acceptors (Lipinski definition) is 3. The second kappa shape index (κ2) is 4.45. The predicted octanol–water partition coefficient (Wildman–Crippen LogP) is 1.31. The molecule has 2 heterocycles. The summed E-state index contributed by atoms with van der Waals surface area (Å²) in [6, 6.07) is 5.03. The molecule has 0 saturated carbocycles. The molecule has 0 aliphatic carbocycles. The van der Waals surface area contributed by atoms with Crippen LogP contribution in [0.1, 0.15) is 18.9 Å². The van der Waals surface area contributed by atoms with Gasteiger partial charge in [-0.2, -0.15) is 5.10 Å². The Morgan fingerprint density at radius 1 is 1.47 bits per heavy atom. The van der Waals surface area contributed by atoms with Gasteiger partial charge in [0.25, 0.3) is 0 Å². The lowest BCUT2D eigenvalue weighted by Crippen LogP contribution is -2.04. The van der Waals surface area contributed by atoms with E-state index in [-0.39, 0.29) is 5.56 Å². The van der Waals surface area contributed by atoms with Gasteiger partial charge in [0.1, 0.15) is 11.5 Å². The smallest absolute Gasteiger partial charge is 0.248 e. The minimum Gasteiger partial charge on any atom is -0.384 e. The summed E-state index contributed by atoms with van der Waals surface area (Å²) in [5, 5.41) is 4.36. The van der Waals surface area contributed by atoms with E-state index in [1.165, 1.54) is 6.07 Å². The average Bonchev–Trinajstić information content (AvgIpc) is 2.58. The van der Waals surface area contributed by atoms with Crippen LogP contribution < -0.4 is 11.3 Å². The van der Waals surface area contributed by atoms with Crippen molar-refractivity contribution in [2.45, 2.75) is 19.8 Å². The summed E-state index contributed by atoms with van der Waals surface area (Å²) >= 11 is 0. The fourth-order valence-corrected chi connectivity index (χ4v) is 1.88. The number of aryl methyl sites for hydroxylation is 1. The third kappa shape index (κ3) is 2.08. The van der Waals surface area contributed by atoms with Gasteiger partial charge in [0.2, 0.25) is 5.56 Å². The van der Waals surface area contributed by atoms with Crippen LogP contribution in [-0.4, -0.2) is 14.8 Å². The second-order valence-electron chi connectivity index (χ2n) is 4.01. The number of aromatic nitrogens is 3. The number of nitrogen functional groups attached to an aromatic ring is 1. The quantitative estimate of drug-likeness (QED) is 0.837. The Morgan fingerprint density at radius 3 is 2.88 bits per heavy atom. The van der Waals surface area contributed by atoms with Crippen LogP contribution in [0.25, 0.3) is 11.4 Å². The second-order valence-corrected chi connectivity index (χ2v) is 4.01. The average molecular weight is 232 g/mol. The van der Waals surface area contributed by atoms with Crippen LogP contribution in [0.2, 0.25) is 0 Å². The van der Waals surface area contributed by atoms with Crippen LogP contribution >= 0.6 is 0 Å². The maximum absolute atomic E-state index is 11.3. The zero-order chi connectivity index (χ0) is 12.4. The van der Waals surface area contributed by atoms with Gasteiger partial charge in [-0.15, -0.1) is 0 Å². The molecule has 0 aliphatic heterocycles. The first-order chi connectivity index (χ1) is 8.13. The SMILES string of the molecule is CCCc1c(-c2cccc(=O)[nH]2)nn(C)c1N. The van der Waals surface area contributed by atoms with Gasteiger partial charge in [-0.25, -0.2) is 0 Å². The maximum Gasteiger partial charge on any atom is 0.248 e. The largest absolute Gasteiger partial charge is 0.384 e. The minimum absolute atomic E-state index is 0.130. The molecule has 3 N–H and O–H groups in total. The molecule has 0 spiro atoms. The molecule has 0 fully saturated rings. The minimum atomic E-state index is -0.130. The van der Waals surface area contributed by atoms with E-state index < -0.39 is 0 Å². The van der Waals surface area contributed by atoms with E-state index in [0.717, 1.165) is 24.1 Å². The highest BCUT2D eigenvalue weighted by atomic mass is 16.1. The highest BCUT2D eigenvalue weighted by Gasteiger charge is 2.14. The number of aromatic amines is 1. The van der Waals surface area contributed by atoms with Crippen molar-refractivity contribution in [3.63, 3.8) is 0 Å². The molecule has 0 atom stereocenters. The van der Waals surface area contributed by atoms with E-state index >= 15 is 0 Å². The fraction of sp³-hybridized carbons (Fsp3) is 0.333. The Bertz CT molecular complexity index is 582. The number of anilines is 1. The molecule has 5 heteroatoms. The molecule has 0 amide bonds. The molecule has 5 nitrogen and oxygen atoms in total. The van der Waals surface area contributed by atoms with Gasteiger partial charge in [0, 0.05) is 18.7 Å². The van der Waals surface area contributed by atoms with Crippen molar-refractivity contribution in [1.29, 1.82) is 0 Å². The highest BCUT2D eigenvalue weighted by molar-refractivity contribution is 5.65. The topological polar surface area (TPSA) is 76.7 Å². The lowest BCUT2D eigenvalue weighted by Gasteiger charge is -2.01. The molecule has 0 unspecified atom stereocenters. The molecule has 90 valence electrons. The van der Waals surface area contributed by atoms with Crippen molar-refractivity contribution >= 4 is 5.82 Å². The zero-order valence-electron chi connectivity index (χ0n) is 10.0. The zero-order valence-corrected chi connectivity index (χ0v) is 10.0. The third-order valence-electron chi connectivity index (χ3n) is 2.72. The summed E-state index contributed by atoms with van der Waals surface area (Å²) in [5.41, 5.74) is 8.32. The summed E-state index contributed by atoms with van der Waals surface area (Å²) in [4.78, 5) is 14.1. The maximum atomic E-state index is 11.3.